The van der Waals surface area contributed by atoms with E-state index in [0.29, 0.717) is 0 Å². The van der Waals surface area contributed by atoms with Crippen molar-refractivity contribution < 1.29 is 0 Å². The van der Waals surface area contributed by atoms with Gasteiger partial charge in [0.15, 0.2) is 0 Å². The molecular weight excluding hydrogens is 204 g/mol. The van der Waals surface area contributed by atoms with Gasteiger partial charge >= 0.3 is 0 Å². The van der Waals surface area contributed by atoms with Gasteiger partial charge in [-0.2, -0.15) is 0 Å². The lowest BCUT2D eigenvalue weighted by atomic mass is 10.3. The van der Waals surface area contributed by atoms with Gasteiger partial charge in [-0.15, -0.1) is 11.8 Å². The Hall–Kier alpha value is -0.250. The maximum Gasteiger partial charge on any atom is -0.00486 e. The van der Waals surface area contributed by atoms with Crippen molar-refractivity contribution in [3.05, 3.63) is 23.0 Å². The fraction of sp³-hybridized carbons (Fsp3) is 0.667. The molecule has 0 aliphatic carbocycles. The Morgan fingerprint density at radius 3 is 1.67 bits per heavy atom. The quantitative estimate of drug-likeness (QED) is 0.562. The molecule has 0 heterocycles. The number of nitrogens with one attached hydrogen (secondary N) is 2. The highest BCUT2D eigenvalue weighted by molar-refractivity contribution is 8.06. The summed E-state index contributed by atoms with van der Waals surface area (Å²) in [5.41, 5.74) is 0. The number of thioether (sulfide) groups is 1. The molecule has 0 aliphatic rings. The van der Waals surface area contributed by atoms with Gasteiger partial charge in [0.05, 0.1) is 0 Å². The number of hydrogen-bond acceptors (Lipinski definition) is 3. The topological polar surface area (TPSA) is 24.1 Å². The van der Waals surface area contributed by atoms with Crippen LogP contribution in [0.3, 0.4) is 0 Å². The summed E-state index contributed by atoms with van der Waals surface area (Å²) in [6.07, 6.45) is 4.48. The lowest BCUT2D eigenvalue weighted by Crippen LogP contribution is -2.07. The molecule has 2 nitrogen and oxygen atoms in total. The highest BCUT2D eigenvalue weighted by Gasteiger charge is 1.99. The lowest BCUT2D eigenvalue weighted by Gasteiger charge is -2.07. The maximum atomic E-state index is 4.05. The van der Waals surface area contributed by atoms with E-state index >= 15 is 0 Å². The van der Waals surface area contributed by atoms with E-state index in [1.807, 2.05) is 14.1 Å². The summed E-state index contributed by atoms with van der Waals surface area (Å²) in [5.74, 6) is 0. The Balaban J connectivity index is 3.45. The first-order valence-electron chi connectivity index (χ1n) is 5.53. The molecule has 0 bridgehead atoms. The Kier molecular flexibility index (Phi) is 10.1. The highest BCUT2D eigenvalue weighted by Crippen LogP contribution is 2.28. The van der Waals surface area contributed by atoms with Crippen LogP contribution in [0.5, 0.6) is 0 Å². The molecule has 0 aromatic carbocycles. The van der Waals surface area contributed by atoms with Crippen molar-refractivity contribution in [2.45, 2.75) is 25.7 Å². The van der Waals surface area contributed by atoms with Gasteiger partial charge in [-0.1, -0.05) is 13.2 Å². The number of rotatable bonds is 10. The summed E-state index contributed by atoms with van der Waals surface area (Å²) in [7, 11) is 3.96. The smallest absolute Gasteiger partial charge is 0.00486 e. The third-order valence-corrected chi connectivity index (χ3v) is 3.04. The zero-order valence-corrected chi connectivity index (χ0v) is 10.9. The summed E-state index contributed by atoms with van der Waals surface area (Å²) in [4.78, 5) is 2.47. The standard InChI is InChI=1S/C12H24N2S/c1-11(7-5-9-13-3)15-12(2)8-6-10-14-4/h13-14H,1-2,5-10H2,3-4H3. The molecule has 0 amide bonds. The summed E-state index contributed by atoms with van der Waals surface area (Å²) < 4.78 is 0. The molecular formula is C12H24N2S. The van der Waals surface area contributed by atoms with Crippen molar-refractivity contribution in [3.8, 4) is 0 Å². The number of hydrogen-bond donors (Lipinski definition) is 2. The molecule has 15 heavy (non-hydrogen) atoms. The van der Waals surface area contributed by atoms with Crippen molar-refractivity contribution in [3.63, 3.8) is 0 Å². The molecule has 0 aromatic heterocycles. The minimum atomic E-state index is 1.06. The zero-order chi connectivity index (χ0) is 11.5. The fourth-order valence-electron chi connectivity index (χ4n) is 1.23. The Morgan fingerprint density at radius 2 is 1.33 bits per heavy atom. The molecule has 88 valence electrons. The summed E-state index contributed by atoms with van der Waals surface area (Å²) in [6.45, 7) is 10.2. The van der Waals surface area contributed by atoms with Crippen LogP contribution in [0.15, 0.2) is 23.0 Å². The van der Waals surface area contributed by atoms with E-state index in [4.69, 9.17) is 0 Å². The van der Waals surface area contributed by atoms with Crippen molar-refractivity contribution in [2.75, 3.05) is 27.2 Å². The molecule has 2 N–H and O–H groups in total. The van der Waals surface area contributed by atoms with Crippen LogP contribution in [-0.4, -0.2) is 27.2 Å². The molecule has 0 unspecified atom stereocenters. The molecule has 3 heteroatoms. The Morgan fingerprint density at radius 1 is 0.933 bits per heavy atom. The van der Waals surface area contributed by atoms with Crippen molar-refractivity contribution in [2.24, 2.45) is 0 Å². The van der Waals surface area contributed by atoms with Crippen molar-refractivity contribution in [1.29, 1.82) is 0 Å². The molecule has 0 aliphatic heterocycles. The van der Waals surface area contributed by atoms with E-state index in [9.17, 15) is 0 Å². The monoisotopic (exact) mass is 228 g/mol. The highest BCUT2D eigenvalue weighted by atomic mass is 32.2. The normalized spacial score (nSPS) is 10.3. The van der Waals surface area contributed by atoms with Crippen molar-refractivity contribution >= 4 is 11.8 Å². The molecule has 0 atom stereocenters. The zero-order valence-electron chi connectivity index (χ0n) is 10.1. The molecule has 0 aromatic rings. The second kappa shape index (κ2) is 10.3. The molecule has 0 radical (unpaired) electrons. The third kappa shape index (κ3) is 10.0. The molecule has 0 fully saturated rings. The van der Waals surface area contributed by atoms with Crippen LogP contribution in [-0.2, 0) is 0 Å². The third-order valence-electron chi connectivity index (χ3n) is 2.05. The summed E-state index contributed by atoms with van der Waals surface area (Å²) in [5, 5.41) is 6.27. The van der Waals surface area contributed by atoms with Gasteiger partial charge in [-0.3, -0.25) is 0 Å². The van der Waals surface area contributed by atoms with Crippen LogP contribution in [0.2, 0.25) is 0 Å². The Labute approximate surface area is 98.6 Å². The predicted octanol–water partition coefficient (Wildman–Crippen LogP) is 2.75. The van der Waals surface area contributed by atoms with Crippen molar-refractivity contribution in [1.82, 2.24) is 10.6 Å². The molecule has 0 rings (SSSR count). The maximum absolute atomic E-state index is 4.05. The minimum absolute atomic E-state index is 1.06. The van der Waals surface area contributed by atoms with E-state index in [2.05, 4.69) is 23.8 Å². The van der Waals surface area contributed by atoms with E-state index < -0.39 is 0 Å². The van der Waals surface area contributed by atoms with Gasteiger partial charge in [0.25, 0.3) is 0 Å². The largest absolute Gasteiger partial charge is 0.320 e. The van der Waals surface area contributed by atoms with Gasteiger partial charge in [0.2, 0.25) is 0 Å². The van der Waals surface area contributed by atoms with Gasteiger partial charge in [0, 0.05) is 0 Å². The van der Waals surface area contributed by atoms with Gasteiger partial charge in [0.1, 0.15) is 0 Å². The molecule has 0 spiro atoms. The van der Waals surface area contributed by atoms with Crippen LogP contribution >= 0.6 is 11.8 Å². The van der Waals surface area contributed by atoms with Crippen LogP contribution < -0.4 is 10.6 Å². The van der Waals surface area contributed by atoms with E-state index in [1.54, 1.807) is 11.8 Å². The predicted molar refractivity (Wildman–Crippen MR) is 72.2 cm³/mol. The minimum Gasteiger partial charge on any atom is -0.320 e. The average Bonchev–Trinajstić information content (AvgIpc) is 2.18. The van der Waals surface area contributed by atoms with E-state index in [-0.39, 0.29) is 0 Å². The first kappa shape index (κ1) is 14.8. The van der Waals surface area contributed by atoms with Gasteiger partial charge in [-0.25, -0.2) is 0 Å². The Bertz CT molecular complexity index is 170. The van der Waals surface area contributed by atoms with E-state index in [0.717, 1.165) is 38.8 Å². The summed E-state index contributed by atoms with van der Waals surface area (Å²) >= 11 is 1.76. The van der Waals surface area contributed by atoms with Crippen LogP contribution in [0.4, 0.5) is 0 Å². The average molecular weight is 228 g/mol. The van der Waals surface area contributed by atoms with Gasteiger partial charge < -0.3 is 10.6 Å². The number of allylic oxidation sites excluding steroid dienone is 2. The van der Waals surface area contributed by atoms with Crippen LogP contribution in [0, 0.1) is 0 Å². The van der Waals surface area contributed by atoms with Gasteiger partial charge in [-0.05, 0) is 62.7 Å². The first-order valence-corrected chi connectivity index (χ1v) is 6.35. The fourth-order valence-corrected chi connectivity index (χ4v) is 2.13. The lowest BCUT2D eigenvalue weighted by molar-refractivity contribution is 0.730. The molecule has 0 saturated carbocycles. The second-order valence-electron chi connectivity index (χ2n) is 3.59. The molecule has 0 saturated heterocycles. The second-order valence-corrected chi connectivity index (χ2v) is 4.95. The van der Waals surface area contributed by atoms with Crippen LogP contribution in [0.1, 0.15) is 25.7 Å². The summed E-state index contributed by atoms with van der Waals surface area (Å²) in [6, 6.07) is 0. The van der Waals surface area contributed by atoms with Crippen LogP contribution in [0.25, 0.3) is 0 Å². The SMILES string of the molecule is C=C(CCCNC)SC(=C)CCCNC. The van der Waals surface area contributed by atoms with E-state index in [1.165, 1.54) is 9.81 Å². The first-order chi connectivity index (χ1) is 7.20.